The molecule has 1 saturated heterocycles. The molecule has 17 heavy (non-hydrogen) atoms. The zero-order valence-corrected chi connectivity index (χ0v) is 9.87. The van der Waals surface area contributed by atoms with Gasteiger partial charge in [0.1, 0.15) is 12.0 Å². The van der Waals surface area contributed by atoms with E-state index in [2.05, 4.69) is 33.3 Å². The molecule has 2 aliphatic heterocycles. The van der Waals surface area contributed by atoms with Crippen molar-refractivity contribution in [1.82, 2.24) is 16.2 Å². The predicted octanol–water partition coefficient (Wildman–Crippen LogP) is 0.0231. The summed E-state index contributed by atoms with van der Waals surface area (Å²) < 4.78 is 0. The van der Waals surface area contributed by atoms with Crippen molar-refractivity contribution >= 4 is 23.2 Å². The molecule has 1 aromatic rings. The topological polar surface area (TPSA) is 74.5 Å². The summed E-state index contributed by atoms with van der Waals surface area (Å²) in [5.74, 6) is 0.647. The lowest BCUT2D eigenvalue weighted by Gasteiger charge is -2.27. The number of thiocarbonyl (C=S) groups is 1. The lowest BCUT2D eigenvalue weighted by molar-refractivity contribution is 0.484. The van der Waals surface area contributed by atoms with Gasteiger partial charge >= 0.3 is 0 Å². The van der Waals surface area contributed by atoms with E-state index in [9.17, 15) is 0 Å². The minimum absolute atomic E-state index is 0.00482. The first-order chi connectivity index (χ1) is 8.25. The van der Waals surface area contributed by atoms with Crippen molar-refractivity contribution in [2.24, 2.45) is 16.6 Å². The molecular formula is C11H13N5S. The number of hydrazine groups is 1. The van der Waals surface area contributed by atoms with Crippen LogP contribution in [0.3, 0.4) is 0 Å². The SMILES string of the molecule is NC1=NC(=S)NC2NNC(c3ccccc3)C12. The van der Waals surface area contributed by atoms with Crippen molar-refractivity contribution < 1.29 is 0 Å². The fourth-order valence-corrected chi connectivity index (χ4v) is 2.56. The molecule has 5 N–H and O–H groups in total. The number of nitrogens with one attached hydrogen (secondary N) is 3. The Kier molecular flexibility index (Phi) is 2.54. The Labute approximate surface area is 104 Å². The molecule has 2 aliphatic rings. The van der Waals surface area contributed by atoms with Crippen LogP contribution in [0.5, 0.6) is 0 Å². The summed E-state index contributed by atoms with van der Waals surface area (Å²) in [6.45, 7) is 0. The van der Waals surface area contributed by atoms with Gasteiger partial charge in [0, 0.05) is 0 Å². The number of nitrogens with zero attached hydrogens (tertiary/aromatic N) is 1. The van der Waals surface area contributed by atoms with Crippen LogP contribution >= 0.6 is 12.2 Å². The number of rotatable bonds is 1. The number of fused-ring (bicyclic) bond motifs is 1. The summed E-state index contributed by atoms with van der Waals surface area (Å²) in [6, 6.07) is 10.3. The van der Waals surface area contributed by atoms with Crippen molar-refractivity contribution in [2.75, 3.05) is 0 Å². The van der Waals surface area contributed by atoms with Gasteiger partial charge in [-0.05, 0) is 17.8 Å². The highest BCUT2D eigenvalue weighted by Gasteiger charge is 2.41. The van der Waals surface area contributed by atoms with Crippen LogP contribution < -0.4 is 21.9 Å². The number of nitrogens with two attached hydrogens (primary N) is 1. The van der Waals surface area contributed by atoms with Crippen LogP contribution in [0.1, 0.15) is 11.6 Å². The standard InChI is InChI=1S/C11H13N5S/c12-9-7-8(6-4-2-1-3-5-6)15-16-10(7)14-11(17)13-9/h1-5,7-8,10,15-16H,(H3,12,13,14,17). The van der Waals surface area contributed by atoms with Crippen LogP contribution in [0.15, 0.2) is 35.3 Å². The van der Waals surface area contributed by atoms with Crippen LogP contribution in [-0.4, -0.2) is 17.1 Å². The van der Waals surface area contributed by atoms with Gasteiger partial charge in [0.05, 0.1) is 12.0 Å². The largest absolute Gasteiger partial charge is 0.387 e. The van der Waals surface area contributed by atoms with Gasteiger partial charge in [-0.1, -0.05) is 30.3 Å². The summed E-state index contributed by atoms with van der Waals surface area (Å²) in [5.41, 5.74) is 13.6. The average molecular weight is 247 g/mol. The van der Waals surface area contributed by atoms with Crippen LogP contribution in [0.25, 0.3) is 0 Å². The summed E-state index contributed by atoms with van der Waals surface area (Å²) in [6.07, 6.45) is 0.00482. The Morgan fingerprint density at radius 2 is 1.94 bits per heavy atom. The molecule has 1 aromatic carbocycles. The third-order valence-electron chi connectivity index (χ3n) is 3.12. The predicted molar refractivity (Wildman–Crippen MR) is 70.1 cm³/mol. The van der Waals surface area contributed by atoms with Crippen LogP contribution in [0, 0.1) is 5.92 Å². The number of aliphatic imine (C=N–C) groups is 1. The molecule has 0 saturated carbocycles. The molecule has 0 amide bonds. The molecular weight excluding hydrogens is 234 g/mol. The van der Waals surface area contributed by atoms with Crippen molar-refractivity contribution in [3.05, 3.63) is 35.9 Å². The smallest absolute Gasteiger partial charge is 0.195 e. The number of hydrogen-bond donors (Lipinski definition) is 4. The summed E-state index contributed by atoms with van der Waals surface area (Å²) in [4.78, 5) is 4.14. The zero-order valence-electron chi connectivity index (χ0n) is 9.05. The van der Waals surface area contributed by atoms with Crippen molar-refractivity contribution in [1.29, 1.82) is 0 Å². The molecule has 0 spiro atoms. The molecule has 2 heterocycles. The van der Waals surface area contributed by atoms with E-state index in [1.54, 1.807) is 0 Å². The first kappa shape index (κ1) is 10.6. The highest BCUT2D eigenvalue weighted by molar-refractivity contribution is 7.80. The Balaban J connectivity index is 1.94. The maximum atomic E-state index is 5.98. The van der Waals surface area contributed by atoms with Gasteiger partial charge in [0.25, 0.3) is 0 Å². The molecule has 1 fully saturated rings. The first-order valence-electron chi connectivity index (χ1n) is 5.46. The Hall–Kier alpha value is -1.50. The highest BCUT2D eigenvalue weighted by atomic mass is 32.1. The quantitative estimate of drug-likeness (QED) is 0.527. The Bertz CT molecular complexity index is 472. The maximum Gasteiger partial charge on any atom is 0.195 e. The molecule has 0 radical (unpaired) electrons. The molecule has 3 rings (SSSR count). The number of amidine groups is 1. The van der Waals surface area contributed by atoms with Gasteiger partial charge in [-0.15, -0.1) is 0 Å². The fraction of sp³-hybridized carbons (Fsp3) is 0.273. The zero-order chi connectivity index (χ0) is 11.8. The van der Waals surface area contributed by atoms with Crippen LogP contribution in [-0.2, 0) is 0 Å². The van der Waals surface area contributed by atoms with Crippen molar-refractivity contribution in [2.45, 2.75) is 12.2 Å². The van der Waals surface area contributed by atoms with Gasteiger partial charge in [-0.2, -0.15) is 0 Å². The second-order valence-corrected chi connectivity index (χ2v) is 4.55. The molecule has 3 atom stereocenters. The molecule has 88 valence electrons. The van der Waals surface area contributed by atoms with E-state index in [-0.39, 0.29) is 18.1 Å². The van der Waals surface area contributed by atoms with E-state index in [1.807, 2.05) is 18.2 Å². The van der Waals surface area contributed by atoms with Gasteiger partial charge in [0.15, 0.2) is 5.11 Å². The van der Waals surface area contributed by atoms with Crippen molar-refractivity contribution in [3.63, 3.8) is 0 Å². The molecule has 0 bridgehead atoms. The van der Waals surface area contributed by atoms with E-state index >= 15 is 0 Å². The van der Waals surface area contributed by atoms with Crippen LogP contribution in [0.4, 0.5) is 0 Å². The molecule has 3 unspecified atom stereocenters. The monoisotopic (exact) mass is 247 g/mol. The molecule has 6 heteroatoms. The van der Waals surface area contributed by atoms with Crippen molar-refractivity contribution in [3.8, 4) is 0 Å². The number of benzene rings is 1. The maximum absolute atomic E-state index is 5.98. The van der Waals surface area contributed by atoms with E-state index in [1.165, 1.54) is 5.56 Å². The molecule has 0 aliphatic carbocycles. The van der Waals surface area contributed by atoms with Crippen LogP contribution in [0.2, 0.25) is 0 Å². The van der Waals surface area contributed by atoms with Gasteiger partial charge < -0.3 is 11.1 Å². The normalized spacial score (nSPS) is 31.6. The summed E-state index contributed by atoms with van der Waals surface area (Å²) in [7, 11) is 0. The lowest BCUT2D eigenvalue weighted by Crippen LogP contribution is -2.52. The minimum Gasteiger partial charge on any atom is -0.387 e. The van der Waals surface area contributed by atoms with Gasteiger partial charge in [-0.3, -0.25) is 0 Å². The minimum atomic E-state index is 0.00482. The van der Waals surface area contributed by atoms with E-state index in [0.717, 1.165) is 0 Å². The highest BCUT2D eigenvalue weighted by Crippen LogP contribution is 2.29. The fourth-order valence-electron chi connectivity index (χ4n) is 2.33. The third-order valence-corrected chi connectivity index (χ3v) is 3.33. The Morgan fingerprint density at radius 3 is 2.71 bits per heavy atom. The van der Waals surface area contributed by atoms with Gasteiger partial charge in [0.2, 0.25) is 0 Å². The lowest BCUT2D eigenvalue weighted by atomic mass is 9.91. The summed E-state index contributed by atoms with van der Waals surface area (Å²) in [5, 5.41) is 3.54. The van der Waals surface area contributed by atoms with E-state index < -0.39 is 0 Å². The van der Waals surface area contributed by atoms with Gasteiger partial charge in [-0.25, -0.2) is 15.8 Å². The second-order valence-electron chi connectivity index (χ2n) is 4.17. The second kappa shape index (κ2) is 4.06. The van der Waals surface area contributed by atoms with E-state index in [4.69, 9.17) is 18.0 Å². The summed E-state index contributed by atoms with van der Waals surface area (Å²) >= 11 is 5.02. The first-order valence-corrected chi connectivity index (χ1v) is 5.87. The Morgan fingerprint density at radius 1 is 1.18 bits per heavy atom. The van der Waals surface area contributed by atoms with E-state index in [0.29, 0.717) is 10.9 Å². The average Bonchev–Trinajstić information content (AvgIpc) is 2.74. The third kappa shape index (κ3) is 1.80. The number of hydrogen-bond acceptors (Lipinski definition) is 4. The molecule has 5 nitrogen and oxygen atoms in total. The molecule has 0 aromatic heterocycles.